The molecule has 0 amide bonds. The number of piperidine rings is 1. The summed E-state index contributed by atoms with van der Waals surface area (Å²) in [5.74, 6) is 0.243. The van der Waals surface area contributed by atoms with E-state index >= 15 is 0 Å². The minimum Gasteiger partial charge on any atom is -0.507 e. The maximum Gasteiger partial charge on any atom is 0.310 e. The van der Waals surface area contributed by atoms with Crippen molar-refractivity contribution in [2.75, 3.05) is 19.7 Å². The first-order valence-electron chi connectivity index (χ1n) is 10.7. The van der Waals surface area contributed by atoms with Gasteiger partial charge in [-0.05, 0) is 50.9 Å². The molecule has 1 aliphatic heterocycles. The molecule has 1 unspecified atom stereocenters. The van der Waals surface area contributed by atoms with Crippen molar-refractivity contribution in [1.29, 1.82) is 0 Å². The second-order valence-corrected chi connectivity index (χ2v) is 7.99. The van der Waals surface area contributed by atoms with Gasteiger partial charge in [0.1, 0.15) is 17.1 Å². The molecule has 0 spiro atoms. The van der Waals surface area contributed by atoms with Crippen LogP contribution in [0.15, 0.2) is 51.7 Å². The van der Waals surface area contributed by atoms with Crippen LogP contribution in [-0.4, -0.2) is 35.7 Å². The number of esters is 1. The molecule has 2 heterocycles. The van der Waals surface area contributed by atoms with Crippen molar-refractivity contribution in [1.82, 2.24) is 4.90 Å². The quantitative estimate of drug-likeness (QED) is 0.621. The van der Waals surface area contributed by atoms with E-state index in [1.807, 2.05) is 30.3 Å². The van der Waals surface area contributed by atoms with Gasteiger partial charge in [-0.1, -0.05) is 30.3 Å². The van der Waals surface area contributed by atoms with E-state index in [-0.39, 0.29) is 23.1 Å². The lowest BCUT2D eigenvalue weighted by Gasteiger charge is -2.31. The van der Waals surface area contributed by atoms with Crippen molar-refractivity contribution in [3.05, 3.63) is 64.0 Å². The normalized spacial score (nSPS) is 17.0. The lowest BCUT2D eigenvalue weighted by atomic mass is 9.97. The molecular formula is C25H27NO5. The minimum absolute atomic E-state index is 0.0840. The van der Waals surface area contributed by atoms with Gasteiger partial charge in [0.2, 0.25) is 5.43 Å². The van der Waals surface area contributed by atoms with Gasteiger partial charge < -0.3 is 14.3 Å². The molecule has 2 aromatic carbocycles. The molecule has 1 saturated heterocycles. The summed E-state index contributed by atoms with van der Waals surface area (Å²) >= 11 is 0. The van der Waals surface area contributed by atoms with Crippen LogP contribution in [0.5, 0.6) is 5.75 Å². The number of likely N-dealkylation sites (tertiary alicyclic amines) is 1. The molecule has 0 saturated carbocycles. The number of carbonyl (C=O) groups is 1. The van der Waals surface area contributed by atoms with E-state index in [1.165, 1.54) is 0 Å². The molecule has 31 heavy (non-hydrogen) atoms. The van der Waals surface area contributed by atoms with Crippen molar-refractivity contribution < 1.29 is 19.1 Å². The van der Waals surface area contributed by atoms with Gasteiger partial charge in [-0.25, -0.2) is 0 Å². The number of nitrogens with zero attached hydrogens (tertiary/aromatic N) is 1. The number of fused-ring (bicyclic) bond motifs is 1. The SMILES string of the molecule is CCOC(=O)C1CCCN(Cc2c(O)ccc3c(=O)c(-c4ccccc4)c(C)oc23)C1. The molecule has 4 rings (SSSR count). The molecule has 0 bridgehead atoms. The van der Waals surface area contributed by atoms with Crippen LogP contribution in [0.25, 0.3) is 22.1 Å². The van der Waals surface area contributed by atoms with Gasteiger partial charge in [0.15, 0.2) is 0 Å². The lowest BCUT2D eigenvalue weighted by Crippen LogP contribution is -2.39. The second-order valence-electron chi connectivity index (χ2n) is 7.99. The van der Waals surface area contributed by atoms with Crippen molar-refractivity contribution in [3.63, 3.8) is 0 Å². The average molecular weight is 421 g/mol. The van der Waals surface area contributed by atoms with Crippen LogP contribution in [-0.2, 0) is 16.1 Å². The van der Waals surface area contributed by atoms with Gasteiger partial charge in [0.05, 0.1) is 29.0 Å². The summed E-state index contributed by atoms with van der Waals surface area (Å²) in [4.78, 5) is 27.6. The van der Waals surface area contributed by atoms with Crippen LogP contribution in [0.4, 0.5) is 0 Å². The van der Waals surface area contributed by atoms with E-state index in [1.54, 1.807) is 26.0 Å². The number of phenolic OH excluding ortho intramolecular Hbond substituents is 1. The van der Waals surface area contributed by atoms with Crippen LogP contribution in [0.1, 0.15) is 31.1 Å². The Bertz CT molecular complexity index is 1150. The number of benzene rings is 2. The fraction of sp³-hybridized carbons (Fsp3) is 0.360. The summed E-state index contributed by atoms with van der Waals surface area (Å²) in [6.45, 7) is 5.70. The highest BCUT2D eigenvalue weighted by Gasteiger charge is 2.28. The molecule has 1 N–H and O–H groups in total. The molecule has 6 heteroatoms. The highest BCUT2D eigenvalue weighted by Crippen LogP contribution is 2.32. The van der Waals surface area contributed by atoms with Crippen LogP contribution < -0.4 is 5.43 Å². The number of hydrogen-bond donors (Lipinski definition) is 1. The molecule has 1 aromatic heterocycles. The third kappa shape index (κ3) is 4.21. The molecular weight excluding hydrogens is 394 g/mol. The largest absolute Gasteiger partial charge is 0.507 e. The number of phenols is 1. The van der Waals surface area contributed by atoms with Crippen LogP contribution in [0.2, 0.25) is 0 Å². The second kappa shape index (κ2) is 8.94. The predicted octanol–water partition coefficient (Wildman–Crippen LogP) is 4.25. The molecule has 162 valence electrons. The van der Waals surface area contributed by atoms with Crippen molar-refractivity contribution in [3.8, 4) is 16.9 Å². The Morgan fingerprint density at radius 3 is 2.74 bits per heavy atom. The average Bonchev–Trinajstić information content (AvgIpc) is 2.77. The monoisotopic (exact) mass is 421 g/mol. The van der Waals surface area contributed by atoms with E-state index in [0.29, 0.717) is 47.6 Å². The molecule has 0 aliphatic carbocycles. The Hall–Kier alpha value is -3.12. The standard InChI is InChI=1S/C25H27NO5/c1-3-30-25(29)18-10-7-13-26(14-18)15-20-21(27)12-11-19-23(28)22(16(2)31-24(19)20)17-8-5-4-6-9-17/h4-6,8-9,11-12,18,27H,3,7,10,13-15H2,1-2H3. The fourth-order valence-corrected chi connectivity index (χ4v) is 4.38. The van der Waals surface area contributed by atoms with Crippen LogP contribution >= 0.6 is 0 Å². The topological polar surface area (TPSA) is 80.0 Å². The fourth-order valence-electron chi connectivity index (χ4n) is 4.38. The zero-order chi connectivity index (χ0) is 22.0. The number of rotatable bonds is 5. The summed E-state index contributed by atoms with van der Waals surface area (Å²) in [5.41, 5.74) is 2.19. The summed E-state index contributed by atoms with van der Waals surface area (Å²) in [6, 6.07) is 12.6. The third-order valence-corrected chi connectivity index (χ3v) is 5.88. The molecule has 6 nitrogen and oxygen atoms in total. The smallest absolute Gasteiger partial charge is 0.310 e. The van der Waals surface area contributed by atoms with Gasteiger partial charge in [-0.15, -0.1) is 0 Å². The summed E-state index contributed by atoms with van der Waals surface area (Å²) in [5, 5.41) is 11.0. The van der Waals surface area contributed by atoms with Crippen molar-refractivity contribution in [2.24, 2.45) is 5.92 Å². The Morgan fingerprint density at radius 1 is 1.23 bits per heavy atom. The lowest BCUT2D eigenvalue weighted by molar-refractivity contribution is -0.150. The van der Waals surface area contributed by atoms with Gasteiger partial charge in [0, 0.05) is 13.1 Å². The molecule has 1 aliphatic rings. The zero-order valence-corrected chi connectivity index (χ0v) is 17.9. The maximum absolute atomic E-state index is 13.3. The van der Waals surface area contributed by atoms with Gasteiger partial charge in [0.25, 0.3) is 0 Å². The first-order valence-corrected chi connectivity index (χ1v) is 10.7. The van der Waals surface area contributed by atoms with E-state index in [9.17, 15) is 14.7 Å². The number of aromatic hydroxyl groups is 1. The summed E-state index contributed by atoms with van der Waals surface area (Å²) in [6.07, 6.45) is 1.67. The Labute approximate surface area is 181 Å². The van der Waals surface area contributed by atoms with E-state index in [0.717, 1.165) is 24.9 Å². The highest BCUT2D eigenvalue weighted by molar-refractivity contribution is 5.86. The van der Waals surface area contributed by atoms with Crippen LogP contribution in [0.3, 0.4) is 0 Å². The van der Waals surface area contributed by atoms with E-state index in [4.69, 9.17) is 9.15 Å². The molecule has 0 radical (unpaired) electrons. The molecule has 1 fully saturated rings. The number of ether oxygens (including phenoxy) is 1. The maximum atomic E-state index is 13.3. The van der Waals surface area contributed by atoms with Gasteiger partial charge in [-0.3, -0.25) is 14.5 Å². The number of hydrogen-bond acceptors (Lipinski definition) is 6. The molecule has 1 atom stereocenters. The van der Waals surface area contributed by atoms with Crippen molar-refractivity contribution in [2.45, 2.75) is 33.2 Å². The van der Waals surface area contributed by atoms with E-state index in [2.05, 4.69) is 4.90 Å². The van der Waals surface area contributed by atoms with Gasteiger partial charge in [-0.2, -0.15) is 0 Å². The zero-order valence-electron chi connectivity index (χ0n) is 17.9. The summed E-state index contributed by atoms with van der Waals surface area (Å²) in [7, 11) is 0. The molecule has 3 aromatic rings. The Balaban J connectivity index is 1.71. The van der Waals surface area contributed by atoms with Crippen LogP contribution in [0, 0.1) is 12.8 Å². The predicted molar refractivity (Wildman–Crippen MR) is 119 cm³/mol. The highest BCUT2D eigenvalue weighted by atomic mass is 16.5. The first-order chi connectivity index (χ1) is 15.0. The minimum atomic E-state index is -0.177. The van der Waals surface area contributed by atoms with Crippen molar-refractivity contribution >= 4 is 16.9 Å². The summed E-state index contributed by atoms with van der Waals surface area (Å²) < 4.78 is 11.3. The number of aryl methyl sites for hydroxylation is 1. The third-order valence-electron chi connectivity index (χ3n) is 5.88. The van der Waals surface area contributed by atoms with E-state index < -0.39 is 0 Å². The Morgan fingerprint density at radius 2 is 2.00 bits per heavy atom. The number of carbonyl (C=O) groups excluding carboxylic acids is 1. The van der Waals surface area contributed by atoms with Gasteiger partial charge >= 0.3 is 5.97 Å². The Kier molecular flexibility index (Phi) is 6.09. The first kappa shape index (κ1) is 21.1.